The Balaban J connectivity index is 1.43. The van der Waals surface area contributed by atoms with Crippen LogP contribution in [0.5, 0.6) is 0 Å². The van der Waals surface area contributed by atoms with Gasteiger partial charge in [0.2, 0.25) is 0 Å². The Morgan fingerprint density at radius 3 is 2.67 bits per heavy atom. The fraction of sp³-hybridized carbons (Fsp3) is 0.421. The van der Waals surface area contributed by atoms with Crippen LogP contribution in [0.1, 0.15) is 36.1 Å². The molecular formula is C19H22N2O2S. The number of amides is 1. The monoisotopic (exact) mass is 342 g/mol. The van der Waals surface area contributed by atoms with Gasteiger partial charge >= 0.3 is 0 Å². The molecule has 4 rings (SSSR count). The van der Waals surface area contributed by atoms with Gasteiger partial charge in [-0.3, -0.25) is 4.79 Å². The maximum atomic E-state index is 12.3. The van der Waals surface area contributed by atoms with Crippen LogP contribution in [-0.2, 0) is 17.8 Å². The van der Waals surface area contributed by atoms with E-state index in [9.17, 15) is 9.90 Å². The minimum atomic E-state index is -1.18. The van der Waals surface area contributed by atoms with Gasteiger partial charge in [0.1, 0.15) is 5.60 Å². The molecule has 5 heteroatoms. The van der Waals surface area contributed by atoms with Crippen LogP contribution >= 0.6 is 11.3 Å². The number of nitrogens with one attached hydrogen (secondary N) is 1. The van der Waals surface area contributed by atoms with Gasteiger partial charge in [-0.15, -0.1) is 11.3 Å². The Bertz CT molecular complexity index is 732. The van der Waals surface area contributed by atoms with Gasteiger partial charge in [0, 0.05) is 29.3 Å². The van der Waals surface area contributed by atoms with Gasteiger partial charge in [-0.25, -0.2) is 0 Å². The van der Waals surface area contributed by atoms with Crippen molar-refractivity contribution in [2.45, 2.75) is 44.2 Å². The number of carbonyl (C=O) groups excluding carboxylic acids is 1. The van der Waals surface area contributed by atoms with Crippen LogP contribution in [0.4, 0.5) is 11.4 Å². The summed E-state index contributed by atoms with van der Waals surface area (Å²) in [6, 6.07) is 10.2. The lowest BCUT2D eigenvalue weighted by molar-refractivity contribution is -0.133. The molecule has 0 spiro atoms. The molecule has 0 atom stereocenters. The van der Waals surface area contributed by atoms with Gasteiger partial charge in [0.25, 0.3) is 5.91 Å². The Morgan fingerprint density at radius 1 is 1.17 bits per heavy atom. The molecule has 4 nitrogen and oxygen atoms in total. The molecule has 0 unspecified atom stereocenters. The highest BCUT2D eigenvalue weighted by atomic mass is 32.1. The van der Waals surface area contributed by atoms with Crippen molar-refractivity contribution in [1.29, 1.82) is 0 Å². The first-order valence-electron chi connectivity index (χ1n) is 8.58. The molecule has 1 amide bonds. The Morgan fingerprint density at radius 2 is 1.92 bits per heavy atom. The lowest BCUT2D eigenvalue weighted by Crippen LogP contribution is -2.40. The Kier molecular flexibility index (Phi) is 4.06. The Labute approximate surface area is 146 Å². The van der Waals surface area contributed by atoms with Crippen molar-refractivity contribution in [3.8, 4) is 0 Å². The predicted molar refractivity (Wildman–Crippen MR) is 97.6 cm³/mol. The number of benzene rings is 1. The molecule has 1 aromatic carbocycles. The van der Waals surface area contributed by atoms with E-state index in [0.717, 1.165) is 38.0 Å². The van der Waals surface area contributed by atoms with Crippen LogP contribution in [0.15, 0.2) is 35.7 Å². The zero-order valence-corrected chi connectivity index (χ0v) is 14.4. The van der Waals surface area contributed by atoms with E-state index >= 15 is 0 Å². The quantitative estimate of drug-likeness (QED) is 0.897. The molecule has 0 saturated heterocycles. The molecule has 0 radical (unpaired) electrons. The van der Waals surface area contributed by atoms with Gasteiger partial charge in [-0.2, -0.15) is 0 Å². The summed E-state index contributed by atoms with van der Waals surface area (Å²) in [7, 11) is 0. The largest absolute Gasteiger partial charge is 0.380 e. The van der Waals surface area contributed by atoms with Gasteiger partial charge in [-0.05, 0) is 73.4 Å². The van der Waals surface area contributed by atoms with Crippen molar-refractivity contribution in [3.05, 3.63) is 46.2 Å². The van der Waals surface area contributed by atoms with Gasteiger partial charge < -0.3 is 15.3 Å². The molecule has 2 aliphatic rings. The minimum absolute atomic E-state index is 0.270. The lowest BCUT2D eigenvalue weighted by atomic mass is 10.0. The molecule has 2 heterocycles. The van der Waals surface area contributed by atoms with E-state index < -0.39 is 5.60 Å². The molecule has 126 valence electrons. The van der Waals surface area contributed by atoms with Gasteiger partial charge in [-0.1, -0.05) is 0 Å². The summed E-state index contributed by atoms with van der Waals surface area (Å²) in [5.41, 5.74) is 2.16. The number of carbonyl (C=O) groups is 1. The normalized spacial score (nSPS) is 19.1. The second-order valence-electron chi connectivity index (χ2n) is 6.78. The van der Waals surface area contributed by atoms with E-state index in [-0.39, 0.29) is 5.91 Å². The predicted octanol–water partition coefficient (Wildman–Crippen LogP) is 3.55. The average Bonchev–Trinajstić information content (AvgIpc) is 3.24. The fourth-order valence-electron chi connectivity index (χ4n) is 3.66. The summed E-state index contributed by atoms with van der Waals surface area (Å²) in [6.07, 6.45) is 4.06. The molecule has 0 bridgehead atoms. The SMILES string of the molecule is O=C(Nc1ccc(N2CCc3sccc3C2)cc1)C1(O)CCCC1. The maximum absolute atomic E-state index is 12.3. The number of thiophene rings is 1. The second kappa shape index (κ2) is 6.22. The summed E-state index contributed by atoms with van der Waals surface area (Å²) in [6.45, 7) is 1.98. The topological polar surface area (TPSA) is 52.6 Å². The summed E-state index contributed by atoms with van der Waals surface area (Å²) < 4.78 is 0. The van der Waals surface area contributed by atoms with Crippen LogP contribution in [0.25, 0.3) is 0 Å². The van der Waals surface area contributed by atoms with Crippen molar-refractivity contribution in [2.24, 2.45) is 0 Å². The third kappa shape index (κ3) is 2.94. The fourth-order valence-corrected chi connectivity index (χ4v) is 4.55. The van der Waals surface area contributed by atoms with Crippen LogP contribution in [0.3, 0.4) is 0 Å². The molecule has 1 aliphatic heterocycles. The molecule has 1 aromatic heterocycles. The van der Waals surface area contributed by atoms with E-state index in [4.69, 9.17) is 0 Å². The average molecular weight is 342 g/mol. The zero-order valence-electron chi connectivity index (χ0n) is 13.6. The third-order valence-electron chi connectivity index (χ3n) is 5.15. The first-order valence-corrected chi connectivity index (χ1v) is 9.46. The van der Waals surface area contributed by atoms with E-state index in [0.29, 0.717) is 12.8 Å². The Hall–Kier alpha value is -1.85. The van der Waals surface area contributed by atoms with Crippen LogP contribution in [-0.4, -0.2) is 23.2 Å². The molecule has 2 aromatic rings. The molecule has 1 aliphatic carbocycles. The molecule has 2 N–H and O–H groups in total. The van der Waals surface area contributed by atoms with Crippen LogP contribution in [0, 0.1) is 0 Å². The van der Waals surface area contributed by atoms with Crippen molar-refractivity contribution in [2.75, 3.05) is 16.8 Å². The smallest absolute Gasteiger partial charge is 0.256 e. The van der Waals surface area contributed by atoms with E-state index in [1.54, 1.807) is 0 Å². The highest BCUT2D eigenvalue weighted by molar-refractivity contribution is 7.10. The number of nitrogens with zero attached hydrogens (tertiary/aromatic N) is 1. The maximum Gasteiger partial charge on any atom is 0.256 e. The van der Waals surface area contributed by atoms with E-state index in [1.165, 1.54) is 16.1 Å². The molecule has 1 saturated carbocycles. The van der Waals surface area contributed by atoms with Crippen LogP contribution < -0.4 is 10.2 Å². The number of anilines is 2. The van der Waals surface area contributed by atoms with Crippen molar-refractivity contribution < 1.29 is 9.90 Å². The van der Waals surface area contributed by atoms with Crippen LogP contribution in [0.2, 0.25) is 0 Å². The zero-order chi connectivity index (χ0) is 16.6. The van der Waals surface area contributed by atoms with Crippen molar-refractivity contribution in [1.82, 2.24) is 0 Å². The third-order valence-corrected chi connectivity index (χ3v) is 6.17. The highest BCUT2D eigenvalue weighted by Crippen LogP contribution is 2.31. The van der Waals surface area contributed by atoms with E-state index in [1.807, 2.05) is 35.6 Å². The van der Waals surface area contributed by atoms with Gasteiger partial charge in [0.05, 0.1) is 0 Å². The number of aliphatic hydroxyl groups is 1. The minimum Gasteiger partial charge on any atom is -0.380 e. The number of hydrogen-bond donors (Lipinski definition) is 2. The lowest BCUT2D eigenvalue weighted by Gasteiger charge is -2.29. The first kappa shape index (κ1) is 15.7. The van der Waals surface area contributed by atoms with Crippen molar-refractivity contribution >= 4 is 28.6 Å². The summed E-state index contributed by atoms with van der Waals surface area (Å²) in [5, 5.41) is 15.4. The number of fused-ring (bicyclic) bond motifs is 1. The number of rotatable bonds is 3. The molecular weight excluding hydrogens is 320 g/mol. The second-order valence-corrected chi connectivity index (χ2v) is 7.78. The first-order chi connectivity index (χ1) is 11.6. The summed E-state index contributed by atoms with van der Waals surface area (Å²) >= 11 is 1.85. The van der Waals surface area contributed by atoms with E-state index in [2.05, 4.69) is 21.7 Å². The van der Waals surface area contributed by atoms with Gasteiger partial charge in [0.15, 0.2) is 0 Å². The summed E-state index contributed by atoms with van der Waals surface area (Å²) in [4.78, 5) is 16.1. The summed E-state index contributed by atoms with van der Waals surface area (Å²) in [5.74, 6) is -0.270. The molecule has 24 heavy (non-hydrogen) atoms. The molecule has 1 fully saturated rings. The van der Waals surface area contributed by atoms with Crippen molar-refractivity contribution in [3.63, 3.8) is 0 Å². The standard InChI is InChI=1S/C19H22N2O2S/c22-18(19(23)9-1-2-10-19)20-15-3-5-16(6-4-15)21-11-7-17-14(13-21)8-12-24-17/h3-6,8,12,23H,1-2,7,9-11,13H2,(H,20,22). The highest BCUT2D eigenvalue weighted by Gasteiger charge is 2.38. The number of hydrogen-bond acceptors (Lipinski definition) is 4.